The first kappa shape index (κ1) is 12.1. The molecule has 5 nitrogen and oxygen atoms in total. The van der Waals surface area contributed by atoms with Crippen LogP contribution in [0.2, 0.25) is 0 Å². The van der Waals surface area contributed by atoms with E-state index >= 15 is 0 Å². The van der Waals surface area contributed by atoms with Gasteiger partial charge < -0.3 is 9.26 Å². The van der Waals surface area contributed by atoms with Crippen molar-refractivity contribution in [2.24, 2.45) is 5.92 Å². The van der Waals surface area contributed by atoms with E-state index in [1.54, 1.807) is 6.92 Å². The molecule has 0 aliphatic heterocycles. The summed E-state index contributed by atoms with van der Waals surface area (Å²) in [5.41, 5.74) is 0. The Morgan fingerprint density at radius 3 is 2.82 bits per heavy atom. The van der Waals surface area contributed by atoms with Crippen molar-refractivity contribution < 1.29 is 14.1 Å². The van der Waals surface area contributed by atoms with Gasteiger partial charge in [-0.15, -0.1) is 0 Å². The molecule has 1 aliphatic carbocycles. The number of hydrogen-bond acceptors (Lipinski definition) is 5. The predicted molar refractivity (Wildman–Crippen MR) is 60.1 cm³/mol. The topological polar surface area (TPSA) is 65.2 Å². The molecule has 1 aromatic rings. The molecule has 0 amide bonds. The van der Waals surface area contributed by atoms with Crippen molar-refractivity contribution in [2.45, 2.75) is 52.1 Å². The summed E-state index contributed by atoms with van der Waals surface area (Å²) in [7, 11) is 0. The van der Waals surface area contributed by atoms with Gasteiger partial charge in [0.2, 0.25) is 0 Å². The van der Waals surface area contributed by atoms with Crippen molar-refractivity contribution >= 4 is 5.97 Å². The Balaban J connectivity index is 1.91. The third-order valence-corrected chi connectivity index (χ3v) is 3.13. The van der Waals surface area contributed by atoms with Crippen LogP contribution in [0.1, 0.15) is 57.3 Å². The maximum atomic E-state index is 11.8. The third kappa shape index (κ3) is 2.84. The van der Waals surface area contributed by atoms with E-state index in [9.17, 15) is 4.79 Å². The zero-order chi connectivity index (χ0) is 12.3. The monoisotopic (exact) mass is 238 g/mol. The van der Waals surface area contributed by atoms with Crippen molar-refractivity contribution in [3.8, 4) is 0 Å². The lowest BCUT2D eigenvalue weighted by atomic mass is 10.1. The summed E-state index contributed by atoms with van der Waals surface area (Å²) in [5, 5.41) is 3.78. The van der Waals surface area contributed by atoms with E-state index < -0.39 is 6.10 Å². The van der Waals surface area contributed by atoms with Gasteiger partial charge in [-0.3, -0.25) is 4.79 Å². The predicted octanol–water partition coefficient (Wildman–Crippen LogP) is 2.43. The third-order valence-electron chi connectivity index (χ3n) is 3.13. The van der Waals surface area contributed by atoms with E-state index in [0.29, 0.717) is 18.1 Å². The molecule has 1 aliphatic rings. The zero-order valence-corrected chi connectivity index (χ0v) is 10.3. The number of ether oxygens (including phenoxy) is 1. The highest BCUT2D eigenvalue weighted by molar-refractivity contribution is 5.72. The zero-order valence-electron chi connectivity index (χ0n) is 10.3. The number of esters is 1. The lowest BCUT2D eigenvalue weighted by Gasteiger charge is -2.12. The van der Waals surface area contributed by atoms with Crippen molar-refractivity contribution in [2.75, 3.05) is 0 Å². The number of aryl methyl sites for hydroxylation is 1. The highest BCUT2D eigenvalue weighted by atomic mass is 16.6. The highest BCUT2D eigenvalue weighted by Gasteiger charge is 2.27. The molecule has 1 heterocycles. The normalized spacial score (nSPS) is 18.2. The number of carbonyl (C=O) groups is 1. The summed E-state index contributed by atoms with van der Waals surface area (Å²) >= 11 is 0. The molecule has 1 fully saturated rings. The summed E-state index contributed by atoms with van der Waals surface area (Å²) in [6.07, 6.45) is 4.39. The minimum atomic E-state index is -0.448. The quantitative estimate of drug-likeness (QED) is 0.754. The summed E-state index contributed by atoms with van der Waals surface area (Å²) in [6, 6.07) is 0. The van der Waals surface area contributed by atoms with Crippen LogP contribution in [0.4, 0.5) is 0 Å². The summed E-state index contributed by atoms with van der Waals surface area (Å²) in [4.78, 5) is 15.9. The lowest BCUT2D eigenvalue weighted by Crippen LogP contribution is -2.17. The van der Waals surface area contributed by atoms with E-state index in [1.807, 2.05) is 6.92 Å². The van der Waals surface area contributed by atoms with Crippen molar-refractivity contribution in [3.05, 3.63) is 11.7 Å². The number of hydrogen-bond donors (Lipinski definition) is 0. The number of rotatable bonds is 4. The Labute approximate surface area is 101 Å². The van der Waals surface area contributed by atoms with Crippen LogP contribution in [0, 0.1) is 5.92 Å². The van der Waals surface area contributed by atoms with Gasteiger partial charge in [-0.25, -0.2) is 0 Å². The second kappa shape index (κ2) is 5.29. The van der Waals surface area contributed by atoms with Gasteiger partial charge in [-0.05, 0) is 19.8 Å². The molecule has 2 rings (SSSR count). The van der Waals surface area contributed by atoms with Crippen LogP contribution in [0.5, 0.6) is 0 Å². The number of nitrogens with zero attached hydrogens (tertiary/aromatic N) is 2. The van der Waals surface area contributed by atoms with Gasteiger partial charge in [0.25, 0.3) is 5.89 Å². The Morgan fingerprint density at radius 2 is 2.24 bits per heavy atom. The molecule has 1 saturated carbocycles. The Kier molecular flexibility index (Phi) is 3.76. The van der Waals surface area contributed by atoms with Crippen LogP contribution in [0.25, 0.3) is 0 Å². The van der Waals surface area contributed by atoms with Gasteiger partial charge in [0.15, 0.2) is 11.9 Å². The van der Waals surface area contributed by atoms with Crippen molar-refractivity contribution in [3.63, 3.8) is 0 Å². The van der Waals surface area contributed by atoms with Crippen LogP contribution in [0.3, 0.4) is 0 Å². The second-order valence-electron chi connectivity index (χ2n) is 4.46. The fourth-order valence-corrected chi connectivity index (χ4v) is 2.06. The Bertz CT molecular complexity index is 383. The SMILES string of the molecule is CCc1noc(C(C)OC(=O)C2CCCC2)n1. The molecule has 0 bridgehead atoms. The molecule has 1 unspecified atom stereocenters. The van der Waals surface area contributed by atoms with E-state index in [1.165, 1.54) is 0 Å². The molecule has 0 spiro atoms. The average Bonchev–Trinajstić information content (AvgIpc) is 3.00. The maximum Gasteiger partial charge on any atom is 0.309 e. The highest BCUT2D eigenvalue weighted by Crippen LogP contribution is 2.27. The Hall–Kier alpha value is -1.39. The molecule has 94 valence electrons. The minimum absolute atomic E-state index is 0.0611. The van der Waals surface area contributed by atoms with Crippen LogP contribution in [0.15, 0.2) is 4.52 Å². The van der Waals surface area contributed by atoms with Gasteiger partial charge >= 0.3 is 5.97 Å². The molecule has 0 radical (unpaired) electrons. The van der Waals surface area contributed by atoms with Gasteiger partial charge in [-0.2, -0.15) is 4.98 Å². The molecule has 1 aromatic heterocycles. The first-order chi connectivity index (χ1) is 8.20. The summed E-state index contributed by atoms with van der Waals surface area (Å²) in [5.74, 6) is 0.953. The van der Waals surface area contributed by atoms with Crippen molar-refractivity contribution in [1.82, 2.24) is 10.1 Å². The molecule has 5 heteroatoms. The van der Waals surface area contributed by atoms with Gasteiger partial charge in [-0.1, -0.05) is 24.9 Å². The van der Waals surface area contributed by atoms with Crippen molar-refractivity contribution in [1.29, 1.82) is 0 Å². The van der Waals surface area contributed by atoms with E-state index in [2.05, 4.69) is 10.1 Å². The fourth-order valence-electron chi connectivity index (χ4n) is 2.06. The maximum absolute atomic E-state index is 11.8. The molecule has 0 saturated heterocycles. The molecule has 0 N–H and O–H groups in total. The standard InChI is InChI=1S/C12H18N2O3/c1-3-10-13-11(17-14-10)8(2)16-12(15)9-6-4-5-7-9/h8-9H,3-7H2,1-2H3. The molecule has 1 atom stereocenters. The van der Waals surface area contributed by atoms with E-state index in [4.69, 9.17) is 9.26 Å². The van der Waals surface area contributed by atoms with Crippen LogP contribution in [-0.2, 0) is 16.0 Å². The Morgan fingerprint density at radius 1 is 1.53 bits per heavy atom. The average molecular weight is 238 g/mol. The molecule has 0 aromatic carbocycles. The van der Waals surface area contributed by atoms with Crippen LogP contribution in [-0.4, -0.2) is 16.1 Å². The summed E-state index contributed by atoms with van der Waals surface area (Å²) < 4.78 is 10.4. The van der Waals surface area contributed by atoms with Gasteiger partial charge in [0.05, 0.1) is 5.92 Å². The van der Waals surface area contributed by atoms with E-state index in [0.717, 1.165) is 25.7 Å². The largest absolute Gasteiger partial charge is 0.452 e. The fraction of sp³-hybridized carbons (Fsp3) is 0.750. The van der Waals surface area contributed by atoms with Gasteiger partial charge in [0.1, 0.15) is 0 Å². The van der Waals surface area contributed by atoms with E-state index in [-0.39, 0.29) is 11.9 Å². The number of carbonyl (C=O) groups excluding carboxylic acids is 1. The minimum Gasteiger partial charge on any atom is -0.452 e. The number of aromatic nitrogens is 2. The smallest absolute Gasteiger partial charge is 0.309 e. The lowest BCUT2D eigenvalue weighted by molar-refractivity contribution is -0.154. The van der Waals surface area contributed by atoms with Crippen LogP contribution >= 0.6 is 0 Å². The summed E-state index contributed by atoms with van der Waals surface area (Å²) in [6.45, 7) is 3.71. The first-order valence-corrected chi connectivity index (χ1v) is 6.23. The first-order valence-electron chi connectivity index (χ1n) is 6.23. The van der Waals surface area contributed by atoms with Crippen LogP contribution < -0.4 is 0 Å². The molecule has 17 heavy (non-hydrogen) atoms. The molecular formula is C12H18N2O3. The van der Waals surface area contributed by atoms with Gasteiger partial charge in [0, 0.05) is 6.42 Å². The molecular weight excluding hydrogens is 220 g/mol. The second-order valence-corrected chi connectivity index (χ2v) is 4.46.